The lowest BCUT2D eigenvalue weighted by atomic mass is 10.1. The summed E-state index contributed by atoms with van der Waals surface area (Å²) in [6, 6.07) is 0.400. The highest BCUT2D eigenvalue weighted by atomic mass is 15.1. The fourth-order valence-corrected chi connectivity index (χ4v) is 1.75. The highest BCUT2D eigenvalue weighted by Gasteiger charge is 2.32. The maximum Gasteiger partial charge on any atom is 0.287 e. The van der Waals surface area contributed by atoms with E-state index in [1.807, 2.05) is 13.1 Å². The number of aromatic nitrogens is 2. The zero-order valence-electron chi connectivity index (χ0n) is 7.46. The molecule has 62 valence electrons. The number of aromatic amines is 1. The summed E-state index contributed by atoms with van der Waals surface area (Å²) in [6.45, 7) is 8.27. The van der Waals surface area contributed by atoms with Gasteiger partial charge in [-0.1, -0.05) is 12.7 Å². The third-order valence-corrected chi connectivity index (χ3v) is 2.52. The maximum atomic E-state index is 4.07. The van der Waals surface area contributed by atoms with Crippen LogP contribution in [-0.4, -0.2) is 4.98 Å². The van der Waals surface area contributed by atoms with Gasteiger partial charge in [-0.25, -0.2) is 9.55 Å². The molecular weight excluding hydrogens is 148 g/mol. The number of H-pyrrole nitrogens is 1. The summed E-state index contributed by atoms with van der Waals surface area (Å²) >= 11 is 0. The Labute approximate surface area is 72.2 Å². The van der Waals surface area contributed by atoms with Crippen molar-refractivity contribution in [1.82, 2.24) is 4.98 Å². The lowest BCUT2D eigenvalue weighted by Gasteiger charge is -1.99. The Morgan fingerprint density at radius 1 is 1.67 bits per heavy atom. The van der Waals surface area contributed by atoms with E-state index in [2.05, 4.69) is 35.3 Å². The molecule has 0 saturated carbocycles. The molecule has 1 atom stereocenters. The third kappa shape index (κ3) is 0.721. The molecular formula is C10H13N2+. The zero-order chi connectivity index (χ0) is 8.72. The fraction of sp³-hybridized carbons (Fsp3) is 0.300. The van der Waals surface area contributed by atoms with Crippen LogP contribution in [0.1, 0.15) is 25.7 Å². The first-order valence-corrected chi connectivity index (χ1v) is 4.20. The Kier molecular flexibility index (Phi) is 1.43. The van der Waals surface area contributed by atoms with E-state index < -0.39 is 0 Å². The van der Waals surface area contributed by atoms with Crippen molar-refractivity contribution in [3.05, 3.63) is 36.4 Å². The van der Waals surface area contributed by atoms with Crippen molar-refractivity contribution in [2.45, 2.75) is 19.9 Å². The van der Waals surface area contributed by atoms with Crippen LogP contribution < -0.4 is 4.57 Å². The van der Waals surface area contributed by atoms with E-state index in [-0.39, 0.29) is 0 Å². The quantitative estimate of drug-likeness (QED) is 0.560. The zero-order valence-corrected chi connectivity index (χ0v) is 7.46. The standard InChI is InChI=1S/C10H12N2/c1-4-9-7(2)8(3)12-6-5-11-10(9)12/h4-6,8H,2H2,1,3H3/p+1. The summed E-state index contributed by atoms with van der Waals surface area (Å²) in [6.07, 6.45) is 6.12. The number of hydrogen-bond acceptors (Lipinski definition) is 0. The minimum Gasteiger partial charge on any atom is -0.243 e. The number of fused-ring (bicyclic) bond motifs is 1. The first kappa shape index (κ1) is 7.35. The first-order chi connectivity index (χ1) is 5.75. The van der Waals surface area contributed by atoms with Crippen molar-refractivity contribution in [3.63, 3.8) is 0 Å². The molecule has 2 rings (SSSR count). The van der Waals surface area contributed by atoms with Gasteiger partial charge in [-0.15, -0.1) is 0 Å². The van der Waals surface area contributed by atoms with Crippen LogP contribution in [0.2, 0.25) is 0 Å². The Bertz CT molecular complexity index is 358. The van der Waals surface area contributed by atoms with Gasteiger partial charge in [0.05, 0.1) is 5.57 Å². The normalized spacial score (nSPS) is 25.0. The van der Waals surface area contributed by atoms with E-state index in [1.165, 1.54) is 17.0 Å². The number of hydrogen-bond donors (Lipinski definition) is 1. The molecule has 1 N–H and O–H groups in total. The Morgan fingerprint density at radius 2 is 2.42 bits per heavy atom. The van der Waals surface area contributed by atoms with Crippen molar-refractivity contribution < 1.29 is 4.57 Å². The van der Waals surface area contributed by atoms with Gasteiger partial charge in [0.15, 0.2) is 0 Å². The molecule has 2 nitrogen and oxygen atoms in total. The smallest absolute Gasteiger partial charge is 0.243 e. The summed E-state index contributed by atoms with van der Waals surface area (Å²) < 4.78 is 2.21. The number of nitrogens with zero attached hydrogens (tertiary/aromatic N) is 1. The predicted octanol–water partition coefficient (Wildman–Crippen LogP) is 1.84. The highest BCUT2D eigenvalue weighted by molar-refractivity contribution is 5.75. The fourth-order valence-electron chi connectivity index (χ4n) is 1.75. The Morgan fingerprint density at radius 3 is 3.08 bits per heavy atom. The lowest BCUT2D eigenvalue weighted by molar-refractivity contribution is -0.704. The summed E-state index contributed by atoms with van der Waals surface area (Å²) in [4.78, 5) is 3.21. The van der Waals surface area contributed by atoms with Gasteiger partial charge in [0.2, 0.25) is 0 Å². The highest BCUT2D eigenvalue weighted by Crippen LogP contribution is 2.31. The molecule has 1 unspecified atom stereocenters. The molecule has 0 aromatic carbocycles. The van der Waals surface area contributed by atoms with Crippen molar-refractivity contribution in [2.24, 2.45) is 0 Å². The van der Waals surface area contributed by atoms with Gasteiger partial charge in [0.1, 0.15) is 18.4 Å². The van der Waals surface area contributed by atoms with Crippen molar-refractivity contribution >= 4 is 5.57 Å². The molecule has 2 heteroatoms. The average molecular weight is 161 g/mol. The Hall–Kier alpha value is -1.31. The average Bonchev–Trinajstić information content (AvgIpc) is 2.59. The molecule has 1 aromatic rings. The second-order valence-electron chi connectivity index (χ2n) is 3.12. The summed E-state index contributed by atoms with van der Waals surface area (Å²) in [7, 11) is 0. The van der Waals surface area contributed by atoms with Crippen LogP contribution in [0.5, 0.6) is 0 Å². The van der Waals surface area contributed by atoms with Crippen LogP contribution >= 0.6 is 0 Å². The predicted molar refractivity (Wildman–Crippen MR) is 48.5 cm³/mol. The minimum atomic E-state index is 0.400. The second kappa shape index (κ2) is 2.34. The van der Waals surface area contributed by atoms with E-state index in [1.54, 1.807) is 0 Å². The Balaban J connectivity index is 2.64. The van der Waals surface area contributed by atoms with Gasteiger partial charge < -0.3 is 0 Å². The third-order valence-electron chi connectivity index (χ3n) is 2.52. The van der Waals surface area contributed by atoms with Crippen LogP contribution in [0.25, 0.3) is 5.57 Å². The molecule has 1 aromatic heterocycles. The van der Waals surface area contributed by atoms with Crippen LogP contribution in [0.4, 0.5) is 0 Å². The van der Waals surface area contributed by atoms with Crippen LogP contribution in [0.3, 0.4) is 0 Å². The topological polar surface area (TPSA) is 19.7 Å². The molecule has 0 spiro atoms. The van der Waals surface area contributed by atoms with Gasteiger partial charge in [-0.05, 0) is 13.8 Å². The molecule has 0 radical (unpaired) electrons. The summed E-state index contributed by atoms with van der Waals surface area (Å²) in [5.41, 5.74) is 2.44. The molecule has 12 heavy (non-hydrogen) atoms. The first-order valence-electron chi connectivity index (χ1n) is 4.20. The summed E-state index contributed by atoms with van der Waals surface area (Å²) in [5.74, 6) is 1.18. The largest absolute Gasteiger partial charge is 0.287 e. The van der Waals surface area contributed by atoms with Gasteiger partial charge in [0.25, 0.3) is 5.82 Å². The van der Waals surface area contributed by atoms with Gasteiger partial charge in [-0.3, -0.25) is 0 Å². The molecule has 1 aliphatic rings. The van der Waals surface area contributed by atoms with Crippen LogP contribution in [0.15, 0.2) is 30.6 Å². The monoisotopic (exact) mass is 161 g/mol. The SMILES string of the molecule is C=C1C(=CC)c2[nH]cc[n+]2C1C. The molecule has 0 saturated heterocycles. The van der Waals surface area contributed by atoms with Crippen LogP contribution in [-0.2, 0) is 0 Å². The van der Waals surface area contributed by atoms with Gasteiger partial charge in [0, 0.05) is 5.57 Å². The molecule has 0 aliphatic carbocycles. The van der Waals surface area contributed by atoms with Crippen LogP contribution in [0, 0.1) is 0 Å². The lowest BCUT2D eigenvalue weighted by Crippen LogP contribution is -2.33. The van der Waals surface area contributed by atoms with Crippen molar-refractivity contribution in [3.8, 4) is 0 Å². The maximum absolute atomic E-state index is 4.07. The van der Waals surface area contributed by atoms with Crippen molar-refractivity contribution in [1.29, 1.82) is 0 Å². The molecule has 2 heterocycles. The molecule has 0 fully saturated rings. The number of nitrogens with one attached hydrogen (secondary N) is 1. The van der Waals surface area contributed by atoms with E-state index >= 15 is 0 Å². The molecule has 0 amide bonds. The van der Waals surface area contributed by atoms with Gasteiger partial charge >= 0.3 is 0 Å². The van der Waals surface area contributed by atoms with E-state index in [9.17, 15) is 0 Å². The molecule has 1 aliphatic heterocycles. The van der Waals surface area contributed by atoms with E-state index in [0.717, 1.165) is 0 Å². The van der Waals surface area contributed by atoms with Gasteiger partial charge in [-0.2, -0.15) is 0 Å². The summed E-state index contributed by atoms with van der Waals surface area (Å²) in [5, 5.41) is 0. The number of imidazole rings is 1. The molecule has 0 bridgehead atoms. The number of allylic oxidation sites excluding steroid dienone is 3. The number of rotatable bonds is 0. The van der Waals surface area contributed by atoms with E-state index in [4.69, 9.17) is 0 Å². The second-order valence-corrected chi connectivity index (χ2v) is 3.12. The van der Waals surface area contributed by atoms with Crippen molar-refractivity contribution in [2.75, 3.05) is 0 Å². The minimum absolute atomic E-state index is 0.400. The van der Waals surface area contributed by atoms with E-state index in [0.29, 0.717) is 6.04 Å².